The molecule has 1 saturated carbocycles. The van der Waals surface area contributed by atoms with Crippen molar-refractivity contribution < 1.29 is 0 Å². The topological polar surface area (TPSA) is 12.0 Å². The molecule has 0 amide bonds. The smallest absolute Gasteiger partial charge is 0.00492 e. The molecule has 72 valence electrons. The van der Waals surface area contributed by atoms with Crippen LogP contribution in [0.1, 0.15) is 45.4 Å². The molecule has 1 nitrogen and oxygen atoms in total. The third-order valence-electron chi connectivity index (χ3n) is 3.36. The maximum Gasteiger partial charge on any atom is -0.00492 e. The monoisotopic (exact) mass is 169 g/mol. The normalized spacial score (nSPS) is 30.5. The molecule has 1 heteroatoms. The van der Waals surface area contributed by atoms with E-state index in [9.17, 15) is 0 Å². The first-order valence-corrected chi connectivity index (χ1v) is 5.53. The van der Waals surface area contributed by atoms with Gasteiger partial charge in [-0.1, -0.05) is 39.0 Å². The summed E-state index contributed by atoms with van der Waals surface area (Å²) >= 11 is 0. The second kappa shape index (κ2) is 5.58. The fraction of sp³-hybridized carbons (Fsp3) is 1.00. The van der Waals surface area contributed by atoms with Crippen molar-refractivity contribution in [3.8, 4) is 0 Å². The Morgan fingerprint density at radius 2 is 1.83 bits per heavy atom. The Labute approximate surface area is 76.9 Å². The molecule has 2 atom stereocenters. The highest BCUT2D eigenvalue weighted by molar-refractivity contribution is 4.74. The minimum atomic E-state index is 1.02. The van der Waals surface area contributed by atoms with Crippen molar-refractivity contribution in [3.05, 3.63) is 0 Å². The molecule has 1 aliphatic rings. The molecule has 12 heavy (non-hydrogen) atoms. The summed E-state index contributed by atoms with van der Waals surface area (Å²) < 4.78 is 0. The van der Waals surface area contributed by atoms with Gasteiger partial charge < -0.3 is 5.32 Å². The molecule has 0 aromatic carbocycles. The van der Waals surface area contributed by atoms with E-state index in [-0.39, 0.29) is 0 Å². The van der Waals surface area contributed by atoms with E-state index in [0.29, 0.717) is 0 Å². The van der Waals surface area contributed by atoms with Crippen LogP contribution in [-0.2, 0) is 0 Å². The van der Waals surface area contributed by atoms with Gasteiger partial charge in [-0.3, -0.25) is 0 Å². The molecule has 0 aromatic rings. The molecule has 0 spiro atoms. The first-order chi connectivity index (χ1) is 5.88. The summed E-state index contributed by atoms with van der Waals surface area (Å²) in [5.41, 5.74) is 0. The second-order valence-corrected chi connectivity index (χ2v) is 4.11. The largest absolute Gasteiger partial charge is 0.320 e. The summed E-state index contributed by atoms with van der Waals surface area (Å²) in [6.45, 7) is 3.56. The first kappa shape index (κ1) is 10.0. The average molecular weight is 169 g/mol. The lowest BCUT2D eigenvalue weighted by atomic mass is 9.76. The molecule has 0 radical (unpaired) electrons. The Morgan fingerprint density at radius 1 is 1.17 bits per heavy atom. The van der Waals surface area contributed by atoms with Crippen molar-refractivity contribution in [1.82, 2.24) is 5.32 Å². The lowest BCUT2D eigenvalue weighted by Crippen LogP contribution is -2.22. The van der Waals surface area contributed by atoms with E-state index in [1.54, 1.807) is 0 Å². The van der Waals surface area contributed by atoms with Gasteiger partial charge in [0.1, 0.15) is 0 Å². The van der Waals surface area contributed by atoms with Gasteiger partial charge in [-0.2, -0.15) is 0 Å². The Balaban J connectivity index is 2.26. The quantitative estimate of drug-likeness (QED) is 0.682. The maximum absolute atomic E-state index is 3.26. The van der Waals surface area contributed by atoms with Crippen molar-refractivity contribution in [2.45, 2.75) is 45.4 Å². The molecule has 1 fully saturated rings. The van der Waals surface area contributed by atoms with Crippen LogP contribution in [0.5, 0.6) is 0 Å². The van der Waals surface area contributed by atoms with Crippen LogP contribution < -0.4 is 5.32 Å². The van der Waals surface area contributed by atoms with Crippen molar-refractivity contribution in [3.63, 3.8) is 0 Å². The van der Waals surface area contributed by atoms with E-state index >= 15 is 0 Å². The van der Waals surface area contributed by atoms with Crippen molar-refractivity contribution in [2.24, 2.45) is 11.8 Å². The number of hydrogen-bond acceptors (Lipinski definition) is 1. The summed E-state index contributed by atoms with van der Waals surface area (Å²) in [6, 6.07) is 0. The van der Waals surface area contributed by atoms with E-state index in [4.69, 9.17) is 0 Å². The number of nitrogens with one attached hydrogen (secondary N) is 1. The standard InChI is InChI=1S/C11H23N/c1-3-10-6-4-5-7-11(10)8-9-12-2/h10-12H,3-9H2,1-2H3. The predicted molar refractivity (Wildman–Crippen MR) is 54.3 cm³/mol. The van der Waals surface area contributed by atoms with Gasteiger partial charge in [0.2, 0.25) is 0 Å². The minimum absolute atomic E-state index is 1.02. The second-order valence-electron chi connectivity index (χ2n) is 4.11. The van der Waals surface area contributed by atoms with Gasteiger partial charge in [-0.25, -0.2) is 0 Å². The molecular formula is C11H23N. The lowest BCUT2D eigenvalue weighted by molar-refractivity contribution is 0.217. The Kier molecular flexibility index (Phi) is 4.67. The third-order valence-corrected chi connectivity index (χ3v) is 3.36. The SMILES string of the molecule is CCC1CCCCC1CCNC. The molecule has 1 aliphatic carbocycles. The summed E-state index contributed by atoms with van der Waals surface area (Å²) in [5, 5.41) is 3.26. The zero-order valence-electron chi connectivity index (χ0n) is 8.60. The van der Waals surface area contributed by atoms with Gasteiger partial charge in [0.05, 0.1) is 0 Å². The predicted octanol–water partition coefficient (Wildman–Crippen LogP) is 2.81. The Morgan fingerprint density at radius 3 is 2.42 bits per heavy atom. The van der Waals surface area contributed by atoms with Crippen LogP contribution in [0, 0.1) is 11.8 Å². The average Bonchev–Trinajstić information content (AvgIpc) is 2.15. The number of rotatable bonds is 4. The maximum atomic E-state index is 3.26. The molecule has 0 heterocycles. The minimum Gasteiger partial charge on any atom is -0.320 e. The van der Waals surface area contributed by atoms with Crippen LogP contribution in [0.2, 0.25) is 0 Å². The molecule has 1 N–H and O–H groups in total. The van der Waals surface area contributed by atoms with Crippen LogP contribution in [0.25, 0.3) is 0 Å². The van der Waals surface area contributed by atoms with Gasteiger partial charge >= 0.3 is 0 Å². The molecule has 1 rings (SSSR count). The van der Waals surface area contributed by atoms with Gasteiger partial charge in [0.25, 0.3) is 0 Å². The molecule has 0 aliphatic heterocycles. The van der Waals surface area contributed by atoms with Crippen LogP contribution in [0.15, 0.2) is 0 Å². The van der Waals surface area contributed by atoms with Crippen molar-refractivity contribution >= 4 is 0 Å². The highest BCUT2D eigenvalue weighted by Gasteiger charge is 2.22. The van der Waals surface area contributed by atoms with Crippen molar-refractivity contribution in [1.29, 1.82) is 0 Å². The highest BCUT2D eigenvalue weighted by atomic mass is 14.8. The molecule has 0 bridgehead atoms. The van der Waals surface area contributed by atoms with Crippen LogP contribution in [-0.4, -0.2) is 13.6 Å². The summed E-state index contributed by atoms with van der Waals surface area (Å²) in [7, 11) is 2.06. The van der Waals surface area contributed by atoms with E-state index in [2.05, 4.69) is 19.3 Å². The molecular weight excluding hydrogens is 146 g/mol. The summed E-state index contributed by atoms with van der Waals surface area (Å²) in [6.07, 6.45) is 8.73. The first-order valence-electron chi connectivity index (χ1n) is 5.53. The zero-order valence-corrected chi connectivity index (χ0v) is 8.60. The van der Waals surface area contributed by atoms with E-state index in [1.165, 1.54) is 45.1 Å². The van der Waals surface area contributed by atoms with E-state index in [0.717, 1.165) is 11.8 Å². The Bertz CT molecular complexity index is 112. The molecule has 0 aromatic heterocycles. The van der Waals surface area contributed by atoms with E-state index in [1.807, 2.05) is 0 Å². The van der Waals surface area contributed by atoms with Crippen LogP contribution in [0.3, 0.4) is 0 Å². The van der Waals surface area contributed by atoms with Gasteiger partial charge in [0.15, 0.2) is 0 Å². The third kappa shape index (κ3) is 2.78. The van der Waals surface area contributed by atoms with E-state index < -0.39 is 0 Å². The van der Waals surface area contributed by atoms with Crippen molar-refractivity contribution in [2.75, 3.05) is 13.6 Å². The molecule has 2 unspecified atom stereocenters. The zero-order chi connectivity index (χ0) is 8.81. The van der Waals surface area contributed by atoms with Gasteiger partial charge in [-0.15, -0.1) is 0 Å². The van der Waals surface area contributed by atoms with Gasteiger partial charge in [-0.05, 0) is 31.8 Å². The molecule has 0 saturated heterocycles. The summed E-state index contributed by atoms with van der Waals surface area (Å²) in [4.78, 5) is 0. The number of hydrogen-bond donors (Lipinski definition) is 1. The van der Waals surface area contributed by atoms with Gasteiger partial charge in [0, 0.05) is 0 Å². The fourth-order valence-electron chi connectivity index (χ4n) is 2.53. The van der Waals surface area contributed by atoms with Crippen LogP contribution in [0.4, 0.5) is 0 Å². The highest BCUT2D eigenvalue weighted by Crippen LogP contribution is 2.33. The fourth-order valence-corrected chi connectivity index (χ4v) is 2.53. The summed E-state index contributed by atoms with van der Waals surface area (Å²) in [5.74, 6) is 2.06. The Hall–Kier alpha value is -0.0400. The lowest BCUT2D eigenvalue weighted by Gasteiger charge is -2.30. The van der Waals surface area contributed by atoms with Crippen LogP contribution >= 0.6 is 0 Å².